The van der Waals surface area contributed by atoms with Crippen LogP contribution in [-0.4, -0.2) is 17.0 Å². The molecule has 1 aromatic heterocycles. The molecule has 0 saturated carbocycles. The number of ketones is 1. The summed E-state index contributed by atoms with van der Waals surface area (Å²) in [7, 11) is 0. The van der Waals surface area contributed by atoms with E-state index in [1.54, 1.807) is 0 Å². The van der Waals surface area contributed by atoms with E-state index in [-0.39, 0.29) is 11.8 Å². The Morgan fingerprint density at radius 2 is 1.89 bits per heavy atom. The molecular formula is C23H25N2O2+. The first-order valence-corrected chi connectivity index (χ1v) is 9.65. The first-order chi connectivity index (χ1) is 13.2. The first kappa shape index (κ1) is 17.5. The van der Waals surface area contributed by atoms with Crippen LogP contribution in [0.5, 0.6) is 5.75 Å². The Bertz CT molecular complexity index is 943. The molecule has 3 aromatic rings. The number of fused-ring (bicyclic) bond motifs is 1. The summed E-state index contributed by atoms with van der Waals surface area (Å²) in [5, 5.41) is 0. The third-order valence-electron chi connectivity index (χ3n) is 5.26. The van der Waals surface area contributed by atoms with Crippen molar-refractivity contribution in [1.82, 2.24) is 4.57 Å². The number of carbonyl (C=O) groups is 1. The lowest BCUT2D eigenvalue weighted by molar-refractivity contribution is -0.710. The van der Waals surface area contributed by atoms with Gasteiger partial charge in [0.25, 0.3) is 5.82 Å². The van der Waals surface area contributed by atoms with Crippen LogP contribution in [0.25, 0.3) is 11.3 Å². The van der Waals surface area contributed by atoms with Crippen LogP contribution in [0.2, 0.25) is 0 Å². The first-order valence-electron chi connectivity index (χ1n) is 9.65. The summed E-state index contributed by atoms with van der Waals surface area (Å²) in [6, 6.07) is 17.6. The Balaban J connectivity index is 1.66. The average Bonchev–Trinajstić information content (AvgIpc) is 3.31. The largest absolute Gasteiger partial charge is 0.494 e. The molecule has 0 amide bonds. The summed E-state index contributed by atoms with van der Waals surface area (Å²) >= 11 is 0. The molecule has 27 heavy (non-hydrogen) atoms. The molecule has 1 unspecified atom stereocenters. The van der Waals surface area contributed by atoms with Crippen molar-refractivity contribution in [1.29, 1.82) is 0 Å². The summed E-state index contributed by atoms with van der Waals surface area (Å²) in [6.45, 7) is 5.58. The molecule has 0 spiro atoms. The van der Waals surface area contributed by atoms with Crippen LogP contribution in [-0.2, 0) is 13.0 Å². The van der Waals surface area contributed by atoms with E-state index < -0.39 is 0 Å². The van der Waals surface area contributed by atoms with Gasteiger partial charge in [-0.05, 0) is 44.5 Å². The number of imidazole rings is 1. The van der Waals surface area contributed by atoms with Gasteiger partial charge in [0.15, 0.2) is 11.7 Å². The van der Waals surface area contributed by atoms with E-state index in [0.29, 0.717) is 6.61 Å². The van der Waals surface area contributed by atoms with E-state index in [2.05, 4.69) is 39.6 Å². The molecule has 2 aromatic carbocycles. The van der Waals surface area contributed by atoms with Gasteiger partial charge in [0.05, 0.1) is 19.6 Å². The monoisotopic (exact) mass is 361 g/mol. The number of rotatable bonds is 6. The van der Waals surface area contributed by atoms with E-state index in [4.69, 9.17) is 4.74 Å². The summed E-state index contributed by atoms with van der Waals surface area (Å²) < 4.78 is 10.00. The van der Waals surface area contributed by atoms with Crippen molar-refractivity contribution in [3.05, 3.63) is 72.2 Å². The second kappa shape index (κ2) is 7.39. The Kier molecular flexibility index (Phi) is 4.80. The fraction of sp³-hybridized carbons (Fsp3) is 0.304. The number of aromatic nitrogens is 2. The van der Waals surface area contributed by atoms with E-state index >= 15 is 0 Å². The van der Waals surface area contributed by atoms with Crippen molar-refractivity contribution in [2.24, 2.45) is 0 Å². The average molecular weight is 361 g/mol. The highest BCUT2D eigenvalue weighted by Gasteiger charge is 2.33. The van der Waals surface area contributed by atoms with Crippen LogP contribution >= 0.6 is 0 Å². The minimum atomic E-state index is -0.236. The van der Waals surface area contributed by atoms with Crippen molar-refractivity contribution in [3.8, 4) is 17.0 Å². The number of hydrogen-bond donors (Lipinski definition) is 0. The number of carbonyl (C=O) groups excluding carboxylic acids is 1. The van der Waals surface area contributed by atoms with Crippen LogP contribution in [0, 0.1) is 0 Å². The van der Waals surface area contributed by atoms with Gasteiger partial charge in [-0.1, -0.05) is 30.3 Å². The predicted octanol–water partition coefficient (Wildman–Crippen LogP) is 4.23. The van der Waals surface area contributed by atoms with Gasteiger partial charge in [0, 0.05) is 11.1 Å². The molecule has 1 atom stereocenters. The highest BCUT2D eigenvalue weighted by molar-refractivity contribution is 5.97. The standard InChI is InChI=1S/C23H25N2O2/c1-3-27-20-13-11-19(12-14-20)23(26)17(2)25-16-21(18-8-5-4-6-9-18)24-15-7-10-22(24)25/h4-6,8-9,11-14,16-17H,3,7,10,15H2,1-2H3/q+1. The van der Waals surface area contributed by atoms with Crippen molar-refractivity contribution in [2.75, 3.05) is 6.61 Å². The number of Topliss-reactive ketones (excluding diaryl/α,β-unsaturated/α-hetero) is 1. The zero-order chi connectivity index (χ0) is 18.8. The van der Waals surface area contributed by atoms with Crippen molar-refractivity contribution >= 4 is 5.78 Å². The molecule has 0 bridgehead atoms. The van der Waals surface area contributed by atoms with Crippen molar-refractivity contribution < 1.29 is 14.1 Å². The lowest BCUT2D eigenvalue weighted by Crippen LogP contribution is -2.44. The van der Waals surface area contributed by atoms with Crippen molar-refractivity contribution in [3.63, 3.8) is 0 Å². The number of ether oxygens (including phenoxy) is 1. The number of benzene rings is 2. The second-order valence-electron chi connectivity index (χ2n) is 6.96. The molecule has 4 nitrogen and oxygen atoms in total. The highest BCUT2D eigenvalue weighted by Crippen LogP contribution is 2.26. The topological polar surface area (TPSA) is 35.1 Å². The lowest BCUT2D eigenvalue weighted by Gasteiger charge is -2.10. The minimum absolute atomic E-state index is 0.128. The van der Waals surface area contributed by atoms with Gasteiger partial charge < -0.3 is 4.74 Å². The molecule has 0 N–H and O–H groups in total. The Morgan fingerprint density at radius 3 is 2.59 bits per heavy atom. The fourth-order valence-corrected chi connectivity index (χ4v) is 3.89. The molecule has 1 aliphatic heterocycles. The molecule has 138 valence electrons. The van der Waals surface area contributed by atoms with Crippen LogP contribution in [0.1, 0.15) is 42.5 Å². The summed E-state index contributed by atoms with van der Waals surface area (Å²) in [5.74, 6) is 2.16. The van der Waals surface area contributed by atoms with Gasteiger partial charge >= 0.3 is 0 Å². The van der Waals surface area contributed by atoms with Gasteiger partial charge in [-0.15, -0.1) is 0 Å². The van der Waals surface area contributed by atoms with E-state index in [1.807, 2.05) is 44.2 Å². The smallest absolute Gasteiger partial charge is 0.257 e. The molecule has 0 fully saturated rings. The normalized spacial score (nSPS) is 14.0. The number of nitrogens with zero attached hydrogens (tertiary/aromatic N) is 2. The predicted molar refractivity (Wildman–Crippen MR) is 105 cm³/mol. The van der Waals surface area contributed by atoms with Gasteiger partial charge in [-0.25, -0.2) is 9.13 Å². The van der Waals surface area contributed by atoms with Gasteiger partial charge in [-0.3, -0.25) is 4.79 Å². The molecule has 0 aliphatic carbocycles. The third-order valence-corrected chi connectivity index (χ3v) is 5.26. The summed E-state index contributed by atoms with van der Waals surface area (Å²) in [6.07, 6.45) is 4.27. The minimum Gasteiger partial charge on any atom is -0.494 e. The zero-order valence-corrected chi connectivity index (χ0v) is 15.9. The maximum absolute atomic E-state index is 13.1. The van der Waals surface area contributed by atoms with Crippen LogP contribution < -0.4 is 9.30 Å². The van der Waals surface area contributed by atoms with Crippen LogP contribution in [0.15, 0.2) is 60.8 Å². The zero-order valence-electron chi connectivity index (χ0n) is 15.9. The van der Waals surface area contributed by atoms with E-state index in [9.17, 15) is 4.79 Å². The lowest BCUT2D eigenvalue weighted by atomic mass is 10.0. The molecule has 4 heteroatoms. The molecule has 2 heterocycles. The van der Waals surface area contributed by atoms with Gasteiger partial charge in [0.1, 0.15) is 11.9 Å². The van der Waals surface area contributed by atoms with Crippen LogP contribution in [0.4, 0.5) is 0 Å². The summed E-state index contributed by atoms with van der Waals surface area (Å²) in [4.78, 5) is 13.1. The van der Waals surface area contributed by atoms with Gasteiger partial charge in [-0.2, -0.15) is 0 Å². The van der Waals surface area contributed by atoms with E-state index in [0.717, 1.165) is 30.7 Å². The maximum Gasteiger partial charge on any atom is 0.257 e. The van der Waals surface area contributed by atoms with Gasteiger partial charge in [0.2, 0.25) is 5.78 Å². The second-order valence-corrected chi connectivity index (χ2v) is 6.96. The highest BCUT2D eigenvalue weighted by atomic mass is 16.5. The Hall–Kier alpha value is -2.88. The third kappa shape index (κ3) is 3.27. The Morgan fingerprint density at radius 1 is 1.15 bits per heavy atom. The molecule has 4 rings (SSSR count). The molecule has 1 aliphatic rings. The SMILES string of the molecule is CCOc1ccc(C(=O)C(C)[n+]2cc(-c3ccccc3)n3c2CCC3)cc1. The van der Waals surface area contributed by atoms with Crippen molar-refractivity contribution in [2.45, 2.75) is 39.3 Å². The quantitative estimate of drug-likeness (QED) is 0.486. The Labute approximate surface area is 160 Å². The fourth-order valence-electron chi connectivity index (χ4n) is 3.89. The van der Waals surface area contributed by atoms with E-state index in [1.165, 1.54) is 17.1 Å². The van der Waals surface area contributed by atoms with Crippen LogP contribution in [0.3, 0.4) is 0 Å². The maximum atomic E-state index is 13.1. The summed E-state index contributed by atoms with van der Waals surface area (Å²) in [5.41, 5.74) is 3.10. The molecule has 0 radical (unpaired) electrons. The molecule has 0 saturated heterocycles. The molecular weight excluding hydrogens is 336 g/mol. The number of hydrogen-bond acceptors (Lipinski definition) is 2.